The first-order chi connectivity index (χ1) is 6.50. The van der Waals surface area contributed by atoms with E-state index in [0.29, 0.717) is 5.92 Å². The number of aliphatic hydroxyl groups excluding tert-OH is 1. The van der Waals surface area contributed by atoms with E-state index < -0.39 is 0 Å². The third-order valence-corrected chi connectivity index (χ3v) is 2.90. The summed E-state index contributed by atoms with van der Waals surface area (Å²) >= 11 is 3.56. The molecule has 0 spiro atoms. The van der Waals surface area contributed by atoms with Crippen molar-refractivity contribution in [1.29, 1.82) is 0 Å². The van der Waals surface area contributed by atoms with Gasteiger partial charge in [-0.3, -0.25) is 0 Å². The van der Waals surface area contributed by atoms with Gasteiger partial charge in [-0.05, 0) is 36.5 Å². The minimum absolute atomic E-state index is 0.271. The average molecular weight is 257 g/mol. The van der Waals surface area contributed by atoms with Gasteiger partial charge in [0, 0.05) is 4.47 Å². The highest BCUT2D eigenvalue weighted by Gasteiger charge is 2.06. The van der Waals surface area contributed by atoms with Crippen LogP contribution in [0.5, 0.6) is 0 Å². The maximum Gasteiger partial charge on any atom is 0.0552 e. The van der Waals surface area contributed by atoms with Gasteiger partial charge < -0.3 is 5.11 Å². The zero-order valence-electron chi connectivity index (χ0n) is 8.92. The first kappa shape index (κ1) is 11.7. The Bertz CT molecular complexity index is 305. The monoisotopic (exact) mass is 256 g/mol. The molecule has 14 heavy (non-hydrogen) atoms. The second-order valence-corrected chi connectivity index (χ2v) is 4.92. The van der Waals surface area contributed by atoms with Gasteiger partial charge in [-0.1, -0.05) is 41.9 Å². The summed E-state index contributed by atoms with van der Waals surface area (Å²) in [6.45, 7) is 6.16. The Morgan fingerprint density at radius 3 is 2.36 bits per heavy atom. The van der Waals surface area contributed by atoms with E-state index in [9.17, 15) is 5.11 Å². The molecular formula is C12H17BrO. The summed E-state index contributed by atoms with van der Waals surface area (Å²) in [5.41, 5.74) is 2.50. The lowest BCUT2D eigenvalue weighted by atomic mass is 10.00. The van der Waals surface area contributed by atoms with Crippen molar-refractivity contribution in [2.75, 3.05) is 0 Å². The molecule has 1 N–H and O–H groups in total. The zero-order valence-corrected chi connectivity index (χ0v) is 10.5. The minimum atomic E-state index is -0.271. The van der Waals surface area contributed by atoms with Crippen LogP contribution in [0.2, 0.25) is 0 Å². The van der Waals surface area contributed by atoms with Crippen LogP contribution in [-0.4, -0.2) is 11.2 Å². The Labute approximate surface area is 94.3 Å². The van der Waals surface area contributed by atoms with Crippen LogP contribution in [0.1, 0.15) is 37.8 Å². The van der Waals surface area contributed by atoms with E-state index >= 15 is 0 Å². The standard InChI is InChI=1S/C12H17BrO/c1-8(2)11-5-4-10(6-9(3)14)7-12(11)13/h4-5,7-9,14H,6H2,1-3H3. The maximum absolute atomic E-state index is 9.26. The highest BCUT2D eigenvalue weighted by atomic mass is 79.9. The summed E-state index contributed by atoms with van der Waals surface area (Å²) in [4.78, 5) is 0. The first-order valence-electron chi connectivity index (χ1n) is 4.97. The van der Waals surface area contributed by atoms with Gasteiger partial charge in [-0.2, -0.15) is 0 Å². The van der Waals surface area contributed by atoms with Crippen molar-refractivity contribution in [3.05, 3.63) is 33.8 Å². The van der Waals surface area contributed by atoms with E-state index in [1.54, 1.807) is 0 Å². The summed E-state index contributed by atoms with van der Waals surface area (Å²) < 4.78 is 1.14. The third-order valence-electron chi connectivity index (χ3n) is 2.22. The largest absolute Gasteiger partial charge is 0.393 e. The molecule has 0 bridgehead atoms. The van der Waals surface area contributed by atoms with Gasteiger partial charge in [-0.15, -0.1) is 0 Å². The molecule has 1 aromatic rings. The first-order valence-corrected chi connectivity index (χ1v) is 5.76. The molecule has 0 radical (unpaired) electrons. The van der Waals surface area contributed by atoms with Crippen LogP contribution in [0.4, 0.5) is 0 Å². The summed E-state index contributed by atoms with van der Waals surface area (Å²) in [6.07, 6.45) is 0.448. The van der Waals surface area contributed by atoms with E-state index in [-0.39, 0.29) is 6.10 Å². The molecule has 0 saturated carbocycles. The Morgan fingerprint density at radius 1 is 1.29 bits per heavy atom. The lowest BCUT2D eigenvalue weighted by Crippen LogP contribution is -2.04. The van der Waals surface area contributed by atoms with E-state index in [0.717, 1.165) is 10.9 Å². The molecule has 0 saturated heterocycles. The van der Waals surface area contributed by atoms with E-state index in [4.69, 9.17) is 0 Å². The fourth-order valence-corrected chi connectivity index (χ4v) is 2.39. The molecule has 2 heteroatoms. The van der Waals surface area contributed by atoms with Gasteiger partial charge in [0.2, 0.25) is 0 Å². The van der Waals surface area contributed by atoms with Gasteiger partial charge in [0.1, 0.15) is 0 Å². The van der Waals surface area contributed by atoms with Crippen molar-refractivity contribution in [2.24, 2.45) is 0 Å². The van der Waals surface area contributed by atoms with Crippen molar-refractivity contribution in [3.8, 4) is 0 Å². The number of hydrogen-bond acceptors (Lipinski definition) is 1. The summed E-state index contributed by atoms with van der Waals surface area (Å²) in [6, 6.07) is 6.32. The highest BCUT2D eigenvalue weighted by Crippen LogP contribution is 2.25. The van der Waals surface area contributed by atoms with Gasteiger partial charge >= 0.3 is 0 Å². The molecule has 0 aliphatic rings. The summed E-state index contributed by atoms with van der Waals surface area (Å²) in [5, 5.41) is 9.26. The van der Waals surface area contributed by atoms with Gasteiger partial charge in [0.25, 0.3) is 0 Å². The van der Waals surface area contributed by atoms with Gasteiger partial charge in [0.15, 0.2) is 0 Å². The van der Waals surface area contributed by atoms with Gasteiger partial charge in [0.05, 0.1) is 6.10 Å². The average Bonchev–Trinajstić information content (AvgIpc) is 2.01. The zero-order chi connectivity index (χ0) is 10.7. The Kier molecular flexibility index (Phi) is 4.14. The number of aliphatic hydroxyl groups is 1. The Morgan fingerprint density at radius 2 is 1.93 bits per heavy atom. The second-order valence-electron chi connectivity index (χ2n) is 4.06. The normalized spacial score (nSPS) is 13.3. The van der Waals surface area contributed by atoms with Crippen LogP contribution >= 0.6 is 15.9 Å². The van der Waals surface area contributed by atoms with E-state index in [2.05, 4.69) is 48.0 Å². The summed E-state index contributed by atoms with van der Waals surface area (Å²) in [5.74, 6) is 0.532. The molecule has 1 atom stereocenters. The molecule has 0 aliphatic carbocycles. The van der Waals surface area contributed by atoms with Crippen LogP contribution in [0.15, 0.2) is 22.7 Å². The molecule has 0 aromatic heterocycles. The van der Waals surface area contributed by atoms with E-state index in [1.165, 1.54) is 11.1 Å². The third kappa shape index (κ3) is 3.10. The summed E-state index contributed by atoms with van der Waals surface area (Å²) in [7, 11) is 0. The molecule has 0 amide bonds. The number of halogens is 1. The number of benzene rings is 1. The minimum Gasteiger partial charge on any atom is -0.393 e. The SMILES string of the molecule is CC(O)Cc1ccc(C(C)C)c(Br)c1. The molecule has 0 aliphatic heterocycles. The van der Waals surface area contributed by atoms with Crippen molar-refractivity contribution in [2.45, 2.75) is 39.2 Å². The smallest absolute Gasteiger partial charge is 0.0552 e. The van der Waals surface area contributed by atoms with Crippen molar-refractivity contribution >= 4 is 15.9 Å². The van der Waals surface area contributed by atoms with Crippen molar-refractivity contribution in [3.63, 3.8) is 0 Å². The highest BCUT2D eigenvalue weighted by molar-refractivity contribution is 9.10. The molecule has 1 unspecified atom stereocenters. The van der Waals surface area contributed by atoms with Crippen molar-refractivity contribution in [1.82, 2.24) is 0 Å². The molecule has 1 rings (SSSR count). The van der Waals surface area contributed by atoms with Crippen LogP contribution in [0.25, 0.3) is 0 Å². The van der Waals surface area contributed by atoms with Gasteiger partial charge in [-0.25, -0.2) is 0 Å². The van der Waals surface area contributed by atoms with Crippen LogP contribution in [0, 0.1) is 0 Å². The lowest BCUT2D eigenvalue weighted by molar-refractivity contribution is 0.195. The molecule has 78 valence electrons. The van der Waals surface area contributed by atoms with Crippen LogP contribution in [-0.2, 0) is 6.42 Å². The predicted octanol–water partition coefficient (Wildman–Crippen LogP) is 3.50. The Balaban J connectivity index is 2.89. The number of hydrogen-bond donors (Lipinski definition) is 1. The van der Waals surface area contributed by atoms with Crippen LogP contribution < -0.4 is 0 Å². The second kappa shape index (κ2) is 4.94. The maximum atomic E-state index is 9.26. The van der Waals surface area contributed by atoms with E-state index in [1.807, 2.05) is 6.92 Å². The predicted molar refractivity (Wildman–Crippen MR) is 63.6 cm³/mol. The lowest BCUT2D eigenvalue weighted by Gasteiger charge is -2.11. The molecule has 0 heterocycles. The fraction of sp³-hybridized carbons (Fsp3) is 0.500. The number of rotatable bonds is 3. The van der Waals surface area contributed by atoms with Crippen molar-refractivity contribution < 1.29 is 5.11 Å². The van der Waals surface area contributed by atoms with Crippen LogP contribution in [0.3, 0.4) is 0 Å². The quantitative estimate of drug-likeness (QED) is 0.878. The Hall–Kier alpha value is -0.340. The molecule has 1 nitrogen and oxygen atoms in total. The topological polar surface area (TPSA) is 20.2 Å². The molecular weight excluding hydrogens is 240 g/mol. The fourth-order valence-electron chi connectivity index (χ4n) is 1.51. The molecule has 1 aromatic carbocycles. The molecule has 0 fully saturated rings.